The lowest BCUT2D eigenvalue weighted by molar-refractivity contribution is -0.383. The number of nitrogens with zero attached hydrogens (tertiary/aromatic N) is 3. The number of morpholine rings is 1. The van der Waals surface area contributed by atoms with Crippen LogP contribution in [0.2, 0.25) is 0 Å². The molecule has 7 nitrogen and oxygen atoms in total. The van der Waals surface area contributed by atoms with E-state index in [4.69, 9.17) is 4.74 Å². The van der Waals surface area contributed by atoms with Gasteiger partial charge in [0.25, 0.3) is 5.69 Å². The van der Waals surface area contributed by atoms with Crippen molar-refractivity contribution >= 4 is 22.1 Å². The van der Waals surface area contributed by atoms with Crippen LogP contribution >= 0.6 is 0 Å². The number of hydrogen-bond acceptors (Lipinski definition) is 6. The molecule has 0 radical (unpaired) electrons. The summed E-state index contributed by atoms with van der Waals surface area (Å²) >= 11 is 0. The summed E-state index contributed by atoms with van der Waals surface area (Å²) in [7, 11) is 0. The number of nitro benzene ring substituents is 1. The van der Waals surface area contributed by atoms with Crippen LogP contribution in [0.15, 0.2) is 54.9 Å². The lowest BCUT2D eigenvalue weighted by Crippen LogP contribution is -2.41. The van der Waals surface area contributed by atoms with E-state index in [1.807, 2.05) is 0 Å². The third kappa shape index (κ3) is 4.18. The number of aromatic nitrogens is 1. The van der Waals surface area contributed by atoms with E-state index < -0.39 is 4.92 Å². The number of ether oxygens (including phenoxy) is 1. The number of pyridine rings is 1. The van der Waals surface area contributed by atoms with Gasteiger partial charge in [-0.2, -0.15) is 0 Å². The summed E-state index contributed by atoms with van der Waals surface area (Å²) in [6, 6.07) is 11.5. The van der Waals surface area contributed by atoms with Crippen molar-refractivity contribution in [2.75, 3.05) is 38.2 Å². The summed E-state index contributed by atoms with van der Waals surface area (Å²) in [6.45, 7) is 3.46. The fraction of sp³-hybridized carbons (Fsp3) is 0.286. The van der Waals surface area contributed by atoms with Crippen LogP contribution in [-0.2, 0) is 4.74 Å². The summed E-state index contributed by atoms with van der Waals surface area (Å²) in [5.74, 6) is -0.267. The van der Waals surface area contributed by atoms with Gasteiger partial charge in [0.2, 0.25) is 0 Å². The highest BCUT2D eigenvalue weighted by molar-refractivity contribution is 5.99. The molecule has 2 heterocycles. The molecule has 0 spiro atoms. The predicted molar refractivity (Wildman–Crippen MR) is 108 cm³/mol. The van der Waals surface area contributed by atoms with Crippen molar-refractivity contribution < 1.29 is 14.1 Å². The topological polar surface area (TPSA) is 80.5 Å². The fourth-order valence-corrected chi connectivity index (χ4v) is 3.73. The summed E-state index contributed by atoms with van der Waals surface area (Å²) < 4.78 is 18.9. The quantitative estimate of drug-likeness (QED) is 0.505. The van der Waals surface area contributed by atoms with E-state index in [0.29, 0.717) is 25.1 Å². The van der Waals surface area contributed by atoms with E-state index in [2.05, 4.69) is 15.2 Å². The molecule has 150 valence electrons. The predicted octanol–water partition coefficient (Wildman–Crippen LogP) is 3.77. The Morgan fingerprint density at radius 1 is 1.14 bits per heavy atom. The van der Waals surface area contributed by atoms with Gasteiger partial charge in [-0.1, -0.05) is 12.1 Å². The average Bonchev–Trinajstić information content (AvgIpc) is 2.75. The molecule has 0 bridgehead atoms. The highest BCUT2D eigenvalue weighted by Gasteiger charge is 2.23. The van der Waals surface area contributed by atoms with Gasteiger partial charge in [0.15, 0.2) is 0 Å². The minimum Gasteiger partial charge on any atom is -0.383 e. The number of non-ortho nitro benzene ring substituents is 1. The van der Waals surface area contributed by atoms with E-state index in [1.165, 1.54) is 24.4 Å². The molecule has 1 unspecified atom stereocenters. The summed E-state index contributed by atoms with van der Waals surface area (Å²) in [6.07, 6.45) is 3.13. The molecule has 29 heavy (non-hydrogen) atoms. The van der Waals surface area contributed by atoms with Crippen LogP contribution in [0, 0.1) is 15.9 Å². The molecule has 1 aliphatic rings. The smallest absolute Gasteiger partial charge is 0.278 e. The Morgan fingerprint density at radius 3 is 2.62 bits per heavy atom. The number of nitrogens with one attached hydrogen (secondary N) is 1. The van der Waals surface area contributed by atoms with Crippen LogP contribution < -0.4 is 5.32 Å². The van der Waals surface area contributed by atoms with Crippen molar-refractivity contribution in [1.29, 1.82) is 0 Å². The van der Waals surface area contributed by atoms with Crippen LogP contribution in [0.1, 0.15) is 11.6 Å². The van der Waals surface area contributed by atoms with E-state index in [9.17, 15) is 14.5 Å². The van der Waals surface area contributed by atoms with Crippen LogP contribution in [0.5, 0.6) is 0 Å². The van der Waals surface area contributed by atoms with Crippen LogP contribution in [0.4, 0.5) is 15.8 Å². The molecule has 4 rings (SSSR count). The van der Waals surface area contributed by atoms with Crippen molar-refractivity contribution in [3.8, 4) is 0 Å². The molecular weight excluding hydrogens is 375 g/mol. The minimum atomic E-state index is -0.400. The number of fused-ring (bicyclic) bond motifs is 1. The maximum atomic E-state index is 13.4. The number of hydrogen-bond donors (Lipinski definition) is 1. The van der Waals surface area contributed by atoms with Gasteiger partial charge in [-0.05, 0) is 29.8 Å². The Morgan fingerprint density at radius 2 is 1.90 bits per heavy atom. The van der Waals surface area contributed by atoms with Crippen molar-refractivity contribution in [3.63, 3.8) is 0 Å². The average molecular weight is 396 g/mol. The number of halogens is 1. The Balaban J connectivity index is 1.63. The zero-order valence-electron chi connectivity index (χ0n) is 15.8. The first-order valence-electron chi connectivity index (χ1n) is 9.46. The zero-order chi connectivity index (χ0) is 20.2. The van der Waals surface area contributed by atoms with Crippen LogP contribution in [0.25, 0.3) is 10.8 Å². The SMILES string of the molecule is O=[N+]([O-])c1ccc(NCC(c2ccc(F)cc2)N2CCOCC2)c2ccncc12. The van der Waals surface area contributed by atoms with E-state index in [1.54, 1.807) is 30.5 Å². The van der Waals surface area contributed by atoms with Crippen molar-refractivity contribution in [2.45, 2.75) is 6.04 Å². The van der Waals surface area contributed by atoms with Gasteiger partial charge in [0.05, 0.1) is 29.6 Å². The highest BCUT2D eigenvalue weighted by atomic mass is 19.1. The van der Waals surface area contributed by atoms with Gasteiger partial charge in [-0.25, -0.2) is 4.39 Å². The van der Waals surface area contributed by atoms with Crippen LogP contribution in [0.3, 0.4) is 0 Å². The molecule has 0 aliphatic carbocycles. The Hall–Kier alpha value is -3.10. The molecular formula is C21H21FN4O3. The lowest BCUT2D eigenvalue weighted by atomic mass is 10.0. The Labute approximate surface area is 167 Å². The molecule has 1 atom stereocenters. The molecule has 1 fully saturated rings. The van der Waals surface area contributed by atoms with E-state index >= 15 is 0 Å². The number of rotatable bonds is 6. The van der Waals surface area contributed by atoms with Crippen molar-refractivity contribution in [2.24, 2.45) is 0 Å². The second-order valence-corrected chi connectivity index (χ2v) is 6.91. The summed E-state index contributed by atoms with van der Waals surface area (Å²) in [5, 5.41) is 16.0. The first-order valence-corrected chi connectivity index (χ1v) is 9.46. The molecule has 0 saturated carbocycles. The molecule has 2 aromatic carbocycles. The maximum absolute atomic E-state index is 13.4. The molecule has 8 heteroatoms. The summed E-state index contributed by atoms with van der Waals surface area (Å²) in [4.78, 5) is 17.3. The highest BCUT2D eigenvalue weighted by Crippen LogP contribution is 2.31. The van der Waals surface area contributed by atoms with Gasteiger partial charge >= 0.3 is 0 Å². The third-order valence-corrected chi connectivity index (χ3v) is 5.22. The molecule has 1 saturated heterocycles. The van der Waals surface area contributed by atoms with Crippen molar-refractivity contribution in [1.82, 2.24) is 9.88 Å². The third-order valence-electron chi connectivity index (χ3n) is 5.22. The summed E-state index contributed by atoms with van der Waals surface area (Å²) in [5.41, 5.74) is 1.84. The Bertz CT molecular complexity index is 1010. The maximum Gasteiger partial charge on any atom is 0.278 e. The fourth-order valence-electron chi connectivity index (χ4n) is 3.73. The number of benzene rings is 2. The monoisotopic (exact) mass is 396 g/mol. The molecule has 1 aliphatic heterocycles. The first kappa shape index (κ1) is 19.2. The van der Waals surface area contributed by atoms with Gasteiger partial charge in [-0.3, -0.25) is 20.0 Å². The van der Waals surface area contributed by atoms with Gasteiger partial charge < -0.3 is 10.1 Å². The van der Waals surface area contributed by atoms with Crippen molar-refractivity contribution in [3.05, 3.63) is 76.4 Å². The second kappa shape index (κ2) is 8.50. The van der Waals surface area contributed by atoms with Crippen LogP contribution in [-0.4, -0.2) is 47.7 Å². The van der Waals surface area contributed by atoms with E-state index in [0.717, 1.165) is 29.7 Å². The minimum absolute atomic E-state index is 0.0200. The Kier molecular flexibility index (Phi) is 5.64. The molecule has 0 amide bonds. The van der Waals surface area contributed by atoms with Gasteiger partial charge in [0.1, 0.15) is 5.82 Å². The normalized spacial score (nSPS) is 15.9. The standard InChI is InChI=1S/C21H21FN4O3/c22-16-3-1-15(2-4-16)21(25-9-11-29-12-10-25)14-24-19-5-6-20(26(27)28)18-13-23-8-7-17(18)19/h1-8,13,21,24H,9-12,14H2. The first-order chi connectivity index (χ1) is 14.1. The molecule has 1 N–H and O–H groups in total. The van der Waals surface area contributed by atoms with Gasteiger partial charge in [0, 0.05) is 49.2 Å². The second-order valence-electron chi connectivity index (χ2n) is 6.91. The van der Waals surface area contributed by atoms with Gasteiger partial charge in [-0.15, -0.1) is 0 Å². The number of nitro groups is 1. The molecule has 1 aromatic heterocycles. The largest absolute Gasteiger partial charge is 0.383 e. The molecule has 3 aromatic rings. The number of anilines is 1. The zero-order valence-corrected chi connectivity index (χ0v) is 15.8. The van der Waals surface area contributed by atoms with E-state index in [-0.39, 0.29) is 17.5 Å². The lowest BCUT2D eigenvalue weighted by Gasteiger charge is -2.35.